The van der Waals surface area contributed by atoms with Gasteiger partial charge in [0.05, 0.1) is 18.3 Å². The van der Waals surface area contributed by atoms with E-state index in [4.69, 9.17) is 0 Å². The maximum atomic E-state index is 13.0. The molecule has 2 fully saturated rings. The molecular weight excluding hydrogens is 376 g/mol. The second-order valence-electron chi connectivity index (χ2n) is 7.47. The van der Waals surface area contributed by atoms with E-state index >= 15 is 0 Å². The molecule has 29 heavy (non-hydrogen) atoms. The molecule has 2 saturated heterocycles. The molecule has 1 aromatic carbocycles. The van der Waals surface area contributed by atoms with Crippen molar-refractivity contribution in [1.29, 1.82) is 0 Å². The summed E-state index contributed by atoms with van der Waals surface area (Å²) in [6.07, 6.45) is 3.96. The van der Waals surface area contributed by atoms with E-state index in [1.165, 1.54) is 0 Å². The molecule has 0 radical (unpaired) electrons. The highest BCUT2D eigenvalue weighted by Crippen LogP contribution is 2.45. The average Bonchev–Trinajstić information content (AvgIpc) is 3.14. The summed E-state index contributed by atoms with van der Waals surface area (Å²) in [4.78, 5) is 50.7. The molecule has 3 N–H and O–H groups in total. The molecule has 2 heterocycles. The number of carboxylic acid groups (broad SMARTS) is 2. The molecule has 154 valence electrons. The number of unbranched alkanes of at least 4 members (excludes halogenated alkanes) is 1. The van der Waals surface area contributed by atoms with E-state index in [9.17, 15) is 29.4 Å². The van der Waals surface area contributed by atoms with Gasteiger partial charge in [0.1, 0.15) is 5.54 Å². The summed E-state index contributed by atoms with van der Waals surface area (Å²) in [7, 11) is 0. The Labute approximate surface area is 168 Å². The lowest BCUT2D eigenvalue weighted by Crippen LogP contribution is -2.57. The van der Waals surface area contributed by atoms with Gasteiger partial charge in [-0.25, -0.2) is 0 Å². The first-order valence-electron chi connectivity index (χ1n) is 9.63. The van der Waals surface area contributed by atoms with Crippen molar-refractivity contribution >= 4 is 29.8 Å². The lowest BCUT2D eigenvalue weighted by Gasteiger charge is -2.29. The van der Waals surface area contributed by atoms with Crippen LogP contribution in [-0.4, -0.2) is 57.0 Å². The molecule has 0 saturated carbocycles. The van der Waals surface area contributed by atoms with Crippen LogP contribution in [0.2, 0.25) is 0 Å². The van der Waals surface area contributed by atoms with Gasteiger partial charge in [-0.3, -0.25) is 29.4 Å². The van der Waals surface area contributed by atoms with Crippen LogP contribution < -0.4 is 5.32 Å². The molecule has 2 aliphatic heterocycles. The monoisotopic (exact) mass is 400 g/mol. The first-order chi connectivity index (χ1) is 13.8. The highest BCUT2D eigenvalue weighted by molar-refractivity contribution is 6.10. The van der Waals surface area contributed by atoms with Crippen molar-refractivity contribution in [1.82, 2.24) is 10.2 Å². The van der Waals surface area contributed by atoms with Gasteiger partial charge in [0.15, 0.2) is 0 Å². The van der Waals surface area contributed by atoms with Gasteiger partial charge in [-0.1, -0.05) is 55.8 Å². The first-order valence-corrected chi connectivity index (χ1v) is 9.63. The molecular formula is C21H24N2O6. The maximum absolute atomic E-state index is 13.0. The fraction of sp³-hybridized carbons (Fsp3) is 0.429. The second-order valence-corrected chi connectivity index (χ2v) is 7.47. The van der Waals surface area contributed by atoms with Crippen LogP contribution in [0.1, 0.15) is 31.7 Å². The minimum atomic E-state index is -2.03. The fourth-order valence-corrected chi connectivity index (χ4v) is 4.26. The summed E-state index contributed by atoms with van der Waals surface area (Å²) in [6.45, 7) is 2.13. The summed E-state index contributed by atoms with van der Waals surface area (Å²) >= 11 is 0. The minimum absolute atomic E-state index is 0.207. The maximum Gasteiger partial charge on any atom is 0.325 e. The summed E-state index contributed by atoms with van der Waals surface area (Å²) in [5.74, 6) is -6.05. The summed E-state index contributed by atoms with van der Waals surface area (Å²) in [6, 6.07) is 8.47. The Bertz CT molecular complexity index is 852. The number of nitrogens with zero attached hydrogens (tertiary/aromatic N) is 1. The van der Waals surface area contributed by atoms with E-state index in [0.29, 0.717) is 6.42 Å². The van der Waals surface area contributed by atoms with Gasteiger partial charge in [-0.15, -0.1) is 0 Å². The van der Waals surface area contributed by atoms with Crippen molar-refractivity contribution in [2.75, 3.05) is 6.54 Å². The van der Waals surface area contributed by atoms with Crippen LogP contribution in [-0.2, 0) is 19.2 Å². The Morgan fingerprint density at radius 3 is 2.45 bits per heavy atom. The molecule has 8 heteroatoms. The number of hydrogen-bond donors (Lipinski definition) is 3. The Morgan fingerprint density at radius 1 is 1.17 bits per heavy atom. The van der Waals surface area contributed by atoms with Crippen LogP contribution in [0.25, 0.3) is 6.08 Å². The number of nitrogens with one attached hydrogen (secondary N) is 1. The van der Waals surface area contributed by atoms with Crippen molar-refractivity contribution in [3.8, 4) is 0 Å². The normalized spacial score (nSPS) is 28.9. The van der Waals surface area contributed by atoms with E-state index in [2.05, 4.69) is 5.32 Å². The summed E-state index contributed by atoms with van der Waals surface area (Å²) in [5.41, 5.74) is -1.19. The predicted octanol–water partition coefficient (Wildman–Crippen LogP) is 1.37. The number of imide groups is 1. The van der Waals surface area contributed by atoms with Crippen LogP contribution in [0.5, 0.6) is 0 Å². The van der Waals surface area contributed by atoms with Gasteiger partial charge in [0, 0.05) is 12.6 Å². The standard InChI is InChI=1S/C21H24N2O6/c1-2-3-11-23-18(26)16-14(10-9-13-7-5-4-6-8-13)22-21(20(28)29,12-15(24)25)17(16)19(23)27/h4-10,14,16-17,22H,2-3,11-12H2,1H3,(H,24,25)(H,28,29). The van der Waals surface area contributed by atoms with Gasteiger partial charge >= 0.3 is 11.9 Å². The topological polar surface area (TPSA) is 124 Å². The number of carbonyl (C=O) groups is 4. The molecule has 1 aromatic rings. The van der Waals surface area contributed by atoms with Gasteiger partial charge in [-0.2, -0.15) is 0 Å². The van der Waals surface area contributed by atoms with Crippen LogP contribution in [0.4, 0.5) is 0 Å². The number of amides is 2. The van der Waals surface area contributed by atoms with Gasteiger partial charge in [0.25, 0.3) is 0 Å². The lowest BCUT2D eigenvalue weighted by atomic mass is 9.78. The van der Waals surface area contributed by atoms with Crippen molar-refractivity contribution in [3.63, 3.8) is 0 Å². The van der Waals surface area contributed by atoms with Crippen molar-refractivity contribution < 1.29 is 29.4 Å². The van der Waals surface area contributed by atoms with Crippen molar-refractivity contribution in [2.45, 2.75) is 37.8 Å². The summed E-state index contributed by atoms with van der Waals surface area (Å²) in [5, 5.41) is 22.0. The number of rotatable bonds is 8. The van der Waals surface area contributed by atoms with Crippen molar-refractivity contribution in [2.24, 2.45) is 11.8 Å². The Kier molecular flexibility index (Phi) is 5.83. The molecule has 0 aromatic heterocycles. The SMILES string of the molecule is CCCCN1C(=O)C2C(C=Cc3ccccc3)NC(CC(=O)O)(C(=O)O)C2C1=O. The zero-order valence-electron chi connectivity index (χ0n) is 16.1. The smallest absolute Gasteiger partial charge is 0.325 e. The molecule has 0 aliphatic carbocycles. The predicted molar refractivity (Wildman–Crippen MR) is 104 cm³/mol. The number of likely N-dealkylation sites (tertiary alicyclic amines) is 1. The third kappa shape index (κ3) is 3.67. The Morgan fingerprint density at radius 2 is 1.86 bits per heavy atom. The number of hydrogen-bond acceptors (Lipinski definition) is 5. The first kappa shape index (κ1) is 20.7. The number of aliphatic carboxylic acids is 2. The van der Waals surface area contributed by atoms with E-state index in [1.807, 2.05) is 37.3 Å². The number of carboxylic acids is 2. The van der Waals surface area contributed by atoms with Gasteiger partial charge in [0.2, 0.25) is 11.8 Å². The molecule has 4 unspecified atom stereocenters. The third-order valence-electron chi connectivity index (χ3n) is 5.63. The quantitative estimate of drug-likeness (QED) is 0.563. The van der Waals surface area contributed by atoms with E-state index < -0.39 is 53.6 Å². The Balaban J connectivity index is 2.01. The zero-order chi connectivity index (χ0) is 21.2. The Hall–Kier alpha value is -3.00. The van der Waals surface area contributed by atoms with Crippen molar-refractivity contribution in [3.05, 3.63) is 42.0 Å². The van der Waals surface area contributed by atoms with E-state index in [-0.39, 0.29) is 6.54 Å². The molecule has 0 spiro atoms. The lowest BCUT2D eigenvalue weighted by molar-refractivity contribution is -0.155. The fourth-order valence-electron chi connectivity index (χ4n) is 4.26. The minimum Gasteiger partial charge on any atom is -0.481 e. The highest BCUT2D eigenvalue weighted by Gasteiger charge is 2.68. The zero-order valence-corrected chi connectivity index (χ0v) is 16.1. The summed E-state index contributed by atoms with van der Waals surface area (Å²) < 4.78 is 0. The third-order valence-corrected chi connectivity index (χ3v) is 5.63. The molecule has 0 bridgehead atoms. The number of benzene rings is 1. The highest BCUT2D eigenvalue weighted by atomic mass is 16.4. The molecule has 4 atom stereocenters. The molecule has 8 nitrogen and oxygen atoms in total. The average molecular weight is 400 g/mol. The van der Waals surface area contributed by atoms with Gasteiger partial charge < -0.3 is 10.2 Å². The van der Waals surface area contributed by atoms with E-state index in [0.717, 1.165) is 16.9 Å². The van der Waals surface area contributed by atoms with Crippen LogP contribution in [0.15, 0.2) is 36.4 Å². The van der Waals surface area contributed by atoms with E-state index in [1.54, 1.807) is 12.2 Å². The van der Waals surface area contributed by atoms with Crippen LogP contribution in [0, 0.1) is 11.8 Å². The second kappa shape index (κ2) is 8.16. The molecule has 2 aliphatic rings. The van der Waals surface area contributed by atoms with Crippen LogP contribution in [0.3, 0.4) is 0 Å². The van der Waals surface area contributed by atoms with Gasteiger partial charge in [-0.05, 0) is 12.0 Å². The molecule has 3 rings (SSSR count). The van der Waals surface area contributed by atoms with Crippen LogP contribution >= 0.6 is 0 Å². The molecule has 2 amide bonds. The largest absolute Gasteiger partial charge is 0.481 e. The number of carbonyl (C=O) groups excluding carboxylic acids is 2. The number of fused-ring (bicyclic) bond motifs is 1.